The molecular weight excluding hydrogens is 242 g/mol. The van der Waals surface area contributed by atoms with Crippen molar-refractivity contribution in [1.29, 1.82) is 0 Å². The summed E-state index contributed by atoms with van der Waals surface area (Å²) in [5, 5.41) is 3.72. The fraction of sp³-hybridized carbons (Fsp3) is 0.684. The zero-order chi connectivity index (χ0) is 14.8. The lowest BCUT2D eigenvalue weighted by molar-refractivity contribution is 0.440. The predicted molar refractivity (Wildman–Crippen MR) is 88.1 cm³/mol. The van der Waals surface area contributed by atoms with E-state index in [0.29, 0.717) is 6.04 Å². The van der Waals surface area contributed by atoms with Crippen molar-refractivity contribution in [2.24, 2.45) is 11.8 Å². The third-order valence-corrected chi connectivity index (χ3v) is 4.79. The molecule has 1 aromatic rings. The molecule has 20 heavy (non-hydrogen) atoms. The number of rotatable bonds is 4. The minimum Gasteiger partial charge on any atom is -0.310 e. The third-order valence-electron chi connectivity index (χ3n) is 4.79. The zero-order valence-electron chi connectivity index (χ0n) is 13.9. The highest BCUT2D eigenvalue weighted by molar-refractivity contribution is 5.29. The van der Waals surface area contributed by atoms with E-state index in [4.69, 9.17) is 0 Å². The SMILES string of the molecule is CC1CCC(CNC(C)c2ccc(C(C)(C)C)cc2)C1. The Morgan fingerprint density at radius 2 is 1.80 bits per heavy atom. The molecule has 1 N–H and O–H groups in total. The first-order valence-corrected chi connectivity index (χ1v) is 8.20. The lowest BCUT2D eigenvalue weighted by atomic mass is 9.86. The smallest absolute Gasteiger partial charge is 0.0291 e. The van der Waals surface area contributed by atoms with Crippen LogP contribution in [0.1, 0.15) is 71.0 Å². The summed E-state index contributed by atoms with van der Waals surface area (Å²) in [6.45, 7) is 12.6. The van der Waals surface area contributed by atoms with E-state index in [1.54, 1.807) is 0 Å². The zero-order valence-corrected chi connectivity index (χ0v) is 13.9. The lowest BCUT2D eigenvalue weighted by Gasteiger charge is -2.21. The van der Waals surface area contributed by atoms with E-state index in [0.717, 1.165) is 11.8 Å². The lowest BCUT2D eigenvalue weighted by Crippen LogP contribution is -2.24. The summed E-state index contributed by atoms with van der Waals surface area (Å²) in [5.41, 5.74) is 3.07. The molecular formula is C19H31N. The Morgan fingerprint density at radius 1 is 1.15 bits per heavy atom. The maximum Gasteiger partial charge on any atom is 0.0291 e. The molecule has 1 aliphatic carbocycles. The predicted octanol–water partition coefficient (Wildman–Crippen LogP) is 5.07. The van der Waals surface area contributed by atoms with Crippen LogP contribution in [0.2, 0.25) is 0 Å². The van der Waals surface area contributed by atoms with Crippen molar-refractivity contribution in [3.63, 3.8) is 0 Å². The van der Waals surface area contributed by atoms with Crippen LogP contribution in [0.15, 0.2) is 24.3 Å². The highest BCUT2D eigenvalue weighted by Crippen LogP contribution is 2.30. The second-order valence-electron chi connectivity index (χ2n) is 7.79. The van der Waals surface area contributed by atoms with Gasteiger partial charge in [0, 0.05) is 6.04 Å². The molecule has 0 aromatic heterocycles. The average Bonchev–Trinajstić information content (AvgIpc) is 2.81. The fourth-order valence-corrected chi connectivity index (χ4v) is 3.24. The van der Waals surface area contributed by atoms with Crippen LogP contribution < -0.4 is 5.32 Å². The highest BCUT2D eigenvalue weighted by atomic mass is 14.9. The molecule has 112 valence electrons. The van der Waals surface area contributed by atoms with Gasteiger partial charge in [-0.1, -0.05) is 58.4 Å². The van der Waals surface area contributed by atoms with E-state index >= 15 is 0 Å². The number of hydrogen-bond acceptors (Lipinski definition) is 1. The van der Waals surface area contributed by atoms with Gasteiger partial charge in [0.05, 0.1) is 0 Å². The maximum atomic E-state index is 3.72. The molecule has 0 bridgehead atoms. The third kappa shape index (κ3) is 4.09. The molecule has 0 radical (unpaired) electrons. The van der Waals surface area contributed by atoms with Gasteiger partial charge >= 0.3 is 0 Å². The van der Waals surface area contributed by atoms with Crippen LogP contribution in [-0.2, 0) is 5.41 Å². The Hall–Kier alpha value is -0.820. The van der Waals surface area contributed by atoms with Crippen LogP contribution in [0.5, 0.6) is 0 Å². The van der Waals surface area contributed by atoms with Gasteiger partial charge < -0.3 is 5.32 Å². The minimum atomic E-state index is 0.245. The Bertz CT molecular complexity index is 412. The van der Waals surface area contributed by atoms with Gasteiger partial charge in [0.2, 0.25) is 0 Å². The summed E-state index contributed by atoms with van der Waals surface area (Å²) in [7, 11) is 0. The number of nitrogens with one attached hydrogen (secondary N) is 1. The van der Waals surface area contributed by atoms with Crippen molar-refractivity contribution in [2.75, 3.05) is 6.54 Å². The molecule has 0 amide bonds. The van der Waals surface area contributed by atoms with Crippen molar-refractivity contribution >= 4 is 0 Å². The van der Waals surface area contributed by atoms with Crippen molar-refractivity contribution in [1.82, 2.24) is 5.32 Å². The van der Waals surface area contributed by atoms with Gasteiger partial charge in [-0.15, -0.1) is 0 Å². The summed E-state index contributed by atoms with van der Waals surface area (Å²) in [4.78, 5) is 0. The van der Waals surface area contributed by atoms with E-state index in [1.165, 1.54) is 36.9 Å². The summed E-state index contributed by atoms with van der Waals surface area (Å²) >= 11 is 0. The van der Waals surface area contributed by atoms with E-state index in [-0.39, 0.29) is 5.41 Å². The van der Waals surface area contributed by atoms with Crippen molar-refractivity contribution in [3.05, 3.63) is 35.4 Å². The van der Waals surface area contributed by atoms with Crippen molar-refractivity contribution in [3.8, 4) is 0 Å². The van der Waals surface area contributed by atoms with Gasteiger partial charge in [0.15, 0.2) is 0 Å². The maximum absolute atomic E-state index is 3.72. The summed E-state index contributed by atoms with van der Waals surface area (Å²) < 4.78 is 0. The van der Waals surface area contributed by atoms with Gasteiger partial charge in [-0.2, -0.15) is 0 Å². The summed E-state index contributed by atoms with van der Waals surface area (Å²) in [5.74, 6) is 1.82. The minimum absolute atomic E-state index is 0.245. The molecule has 1 aliphatic rings. The van der Waals surface area contributed by atoms with Crippen molar-refractivity contribution < 1.29 is 0 Å². The Morgan fingerprint density at radius 3 is 2.30 bits per heavy atom. The Labute approximate surface area is 125 Å². The molecule has 0 spiro atoms. The molecule has 1 nitrogen and oxygen atoms in total. The fourth-order valence-electron chi connectivity index (χ4n) is 3.24. The molecule has 3 unspecified atom stereocenters. The summed E-state index contributed by atoms with van der Waals surface area (Å²) in [6, 6.07) is 9.60. The molecule has 0 aliphatic heterocycles. The van der Waals surface area contributed by atoms with Gasteiger partial charge in [-0.3, -0.25) is 0 Å². The highest BCUT2D eigenvalue weighted by Gasteiger charge is 2.21. The molecule has 1 saturated carbocycles. The standard InChI is InChI=1S/C19H31N/c1-14-6-7-16(12-14)13-20-15(2)17-8-10-18(11-9-17)19(3,4)5/h8-11,14-16,20H,6-7,12-13H2,1-5H3. The molecule has 3 atom stereocenters. The van der Waals surface area contributed by atoms with Gasteiger partial charge in [0.25, 0.3) is 0 Å². The molecule has 1 aromatic carbocycles. The van der Waals surface area contributed by atoms with E-state index in [2.05, 4.69) is 64.2 Å². The van der Waals surface area contributed by atoms with Crippen LogP contribution >= 0.6 is 0 Å². The Balaban J connectivity index is 1.87. The van der Waals surface area contributed by atoms with Gasteiger partial charge in [-0.05, 0) is 54.7 Å². The number of hydrogen-bond donors (Lipinski definition) is 1. The topological polar surface area (TPSA) is 12.0 Å². The second-order valence-corrected chi connectivity index (χ2v) is 7.79. The van der Waals surface area contributed by atoms with Crippen LogP contribution in [0.25, 0.3) is 0 Å². The van der Waals surface area contributed by atoms with E-state index < -0.39 is 0 Å². The quantitative estimate of drug-likeness (QED) is 0.807. The van der Waals surface area contributed by atoms with Crippen LogP contribution in [-0.4, -0.2) is 6.54 Å². The molecule has 1 heteroatoms. The van der Waals surface area contributed by atoms with Crippen LogP contribution in [0.4, 0.5) is 0 Å². The van der Waals surface area contributed by atoms with Crippen LogP contribution in [0.3, 0.4) is 0 Å². The van der Waals surface area contributed by atoms with Crippen molar-refractivity contribution in [2.45, 2.75) is 65.3 Å². The summed E-state index contributed by atoms with van der Waals surface area (Å²) in [6.07, 6.45) is 4.23. The molecule has 0 saturated heterocycles. The largest absolute Gasteiger partial charge is 0.310 e. The first kappa shape index (κ1) is 15.6. The Kier molecular flexibility index (Phi) is 4.90. The van der Waals surface area contributed by atoms with Crippen LogP contribution in [0, 0.1) is 11.8 Å². The first-order valence-electron chi connectivity index (χ1n) is 8.20. The first-order chi connectivity index (χ1) is 9.36. The van der Waals surface area contributed by atoms with Gasteiger partial charge in [0.1, 0.15) is 0 Å². The normalized spacial score (nSPS) is 24.9. The molecule has 2 rings (SSSR count). The molecule has 0 heterocycles. The van der Waals surface area contributed by atoms with E-state index in [9.17, 15) is 0 Å². The number of benzene rings is 1. The molecule has 1 fully saturated rings. The van der Waals surface area contributed by atoms with Gasteiger partial charge in [-0.25, -0.2) is 0 Å². The average molecular weight is 273 g/mol. The monoisotopic (exact) mass is 273 g/mol. The van der Waals surface area contributed by atoms with E-state index in [1.807, 2.05) is 0 Å². The second kappa shape index (κ2) is 6.30.